The normalized spacial score (nSPS) is 20.3. The Labute approximate surface area is 146 Å². The number of carbonyl (C=O) groups is 1. The van der Waals surface area contributed by atoms with Gasteiger partial charge in [-0.15, -0.1) is 11.3 Å². The highest BCUT2D eigenvalue weighted by atomic mass is 32.1. The summed E-state index contributed by atoms with van der Waals surface area (Å²) in [6.45, 7) is 3.33. The van der Waals surface area contributed by atoms with E-state index in [1.165, 1.54) is 23.4 Å². The molecule has 1 atom stereocenters. The minimum absolute atomic E-state index is 0.117. The first kappa shape index (κ1) is 15.6. The van der Waals surface area contributed by atoms with Crippen LogP contribution in [0.2, 0.25) is 0 Å². The van der Waals surface area contributed by atoms with E-state index in [1.54, 1.807) is 11.3 Å². The number of hydrogen-bond acceptors (Lipinski definition) is 4. The molecule has 2 heterocycles. The number of fused-ring (bicyclic) bond motifs is 1. The Morgan fingerprint density at radius 1 is 1.29 bits per heavy atom. The van der Waals surface area contributed by atoms with Gasteiger partial charge in [0.05, 0.1) is 18.2 Å². The van der Waals surface area contributed by atoms with Gasteiger partial charge in [-0.25, -0.2) is 4.98 Å². The van der Waals surface area contributed by atoms with Crippen LogP contribution in [0.3, 0.4) is 0 Å². The Morgan fingerprint density at radius 3 is 2.96 bits per heavy atom. The van der Waals surface area contributed by atoms with Crippen molar-refractivity contribution in [3.63, 3.8) is 0 Å². The number of hydrogen-bond donors (Lipinski definition) is 0. The lowest BCUT2D eigenvalue weighted by atomic mass is 9.97. The van der Waals surface area contributed by atoms with Crippen LogP contribution in [-0.4, -0.2) is 24.0 Å². The fourth-order valence-electron chi connectivity index (χ4n) is 3.67. The van der Waals surface area contributed by atoms with Gasteiger partial charge in [-0.2, -0.15) is 0 Å². The second kappa shape index (κ2) is 6.55. The molecule has 126 valence electrons. The number of benzene rings is 1. The summed E-state index contributed by atoms with van der Waals surface area (Å²) in [5.74, 6) is 0.876. The highest BCUT2D eigenvalue weighted by molar-refractivity contribution is 7.16. The van der Waals surface area contributed by atoms with Crippen molar-refractivity contribution < 1.29 is 9.53 Å². The Hall–Kier alpha value is -1.88. The topological polar surface area (TPSA) is 42.4 Å². The highest BCUT2D eigenvalue weighted by Gasteiger charge is 2.37. The molecular weight excluding hydrogens is 320 g/mol. The smallest absolute Gasteiger partial charge is 0.236 e. The third kappa shape index (κ3) is 2.71. The Kier molecular flexibility index (Phi) is 4.27. The monoisotopic (exact) mass is 342 g/mol. The predicted molar refractivity (Wildman–Crippen MR) is 96.1 cm³/mol. The number of amides is 1. The van der Waals surface area contributed by atoms with Crippen LogP contribution in [0, 0.1) is 0 Å². The summed E-state index contributed by atoms with van der Waals surface area (Å²) in [7, 11) is 0. The molecule has 4 rings (SSSR count). The van der Waals surface area contributed by atoms with Gasteiger partial charge in [0.15, 0.2) is 5.13 Å². The molecule has 5 heteroatoms. The summed E-state index contributed by atoms with van der Waals surface area (Å²) >= 11 is 1.71. The van der Waals surface area contributed by atoms with E-state index in [1.807, 2.05) is 36.1 Å². The lowest BCUT2D eigenvalue weighted by Gasteiger charge is -2.16. The summed E-state index contributed by atoms with van der Waals surface area (Å²) in [4.78, 5) is 21.0. The number of aryl methyl sites for hydroxylation is 2. The quantitative estimate of drug-likeness (QED) is 0.845. The average Bonchev–Trinajstić information content (AvgIpc) is 3.19. The first-order valence-electron chi connectivity index (χ1n) is 8.79. The molecule has 0 spiro atoms. The van der Waals surface area contributed by atoms with Crippen LogP contribution in [0.4, 0.5) is 5.13 Å². The molecule has 0 N–H and O–H groups in total. The third-order valence-corrected chi connectivity index (χ3v) is 6.05. The molecule has 1 unspecified atom stereocenters. The SMILES string of the molecule is CCOc1ccccc1C1CCN(c2nc3c(s2)CCCC3)C1=O. The van der Waals surface area contributed by atoms with Crippen LogP contribution in [0.5, 0.6) is 5.75 Å². The van der Waals surface area contributed by atoms with E-state index in [2.05, 4.69) is 0 Å². The Balaban J connectivity index is 1.59. The van der Waals surface area contributed by atoms with Crippen molar-refractivity contribution in [3.05, 3.63) is 40.4 Å². The summed E-state index contributed by atoms with van der Waals surface area (Å²) in [6.07, 6.45) is 5.46. The molecule has 1 saturated heterocycles. The predicted octanol–water partition coefficient (Wildman–Crippen LogP) is 3.94. The van der Waals surface area contributed by atoms with Gasteiger partial charge in [-0.3, -0.25) is 9.69 Å². The molecular formula is C19H22N2O2S. The largest absolute Gasteiger partial charge is 0.494 e. The first-order chi connectivity index (χ1) is 11.8. The minimum atomic E-state index is -0.117. The van der Waals surface area contributed by atoms with Gasteiger partial charge >= 0.3 is 0 Å². The molecule has 4 nitrogen and oxygen atoms in total. The number of para-hydroxylation sites is 1. The van der Waals surface area contributed by atoms with Crippen molar-refractivity contribution in [2.75, 3.05) is 18.1 Å². The van der Waals surface area contributed by atoms with E-state index in [0.29, 0.717) is 6.61 Å². The fraction of sp³-hybridized carbons (Fsp3) is 0.474. The van der Waals surface area contributed by atoms with Gasteiger partial charge < -0.3 is 4.74 Å². The maximum Gasteiger partial charge on any atom is 0.236 e. The highest BCUT2D eigenvalue weighted by Crippen LogP contribution is 2.39. The molecule has 0 radical (unpaired) electrons. The number of aromatic nitrogens is 1. The van der Waals surface area contributed by atoms with Crippen molar-refractivity contribution in [2.24, 2.45) is 0 Å². The van der Waals surface area contributed by atoms with Crippen molar-refractivity contribution in [3.8, 4) is 5.75 Å². The lowest BCUT2D eigenvalue weighted by Crippen LogP contribution is -2.26. The maximum atomic E-state index is 13.0. The summed E-state index contributed by atoms with van der Waals surface area (Å²) in [5, 5.41) is 0.892. The number of thiazole rings is 1. The summed E-state index contributed by atoms with van der Waals surface area (Å²) < 4.78 is 5.72. The molecule has 0 bridgehead atoms. The number of anilines is 1. The molecule has 1 fully saturated rings. The van der Waals surface area contributed by atoms with Crippen LogP contribution in [0.25, 0.3) is 0 Å². The van der Waals surface area contributed by atoms with E-state index in [0.717, 1.165) is 42.3 Å². The van der Waals surface area contributed by atoms with E-state index in [9.17, 15) is 4.79 Å². The van der Waals surface area contributed by atoms with Crippen molar-refractivity contribution in [1.29, 1.82) is 0 Å². The Bertz CT molecular complexity index is 732. The fourth-order valence-corrected chi connectivity index (χ4v) is 4.85. The maximum absolute atomic E-state index is 13.0. The molecule has 2 aliphatic rings. The molecule has 1 aliphatic carbocycles. The molecule has 1 aromatic carbocycles. The van der Waals surface area contributed by atoms with Crippen molar-refractivity contribution in [2.45, 2.75) is 44.9 Å². The number of ether oxygens (including phenoxy) is 1. The molecule has 0 saturated carbocycles. The van der Waals surface area contributed by atoms with E-state index >= 15 is 0 Å². The lowest BCUT2D eigenvalue weighted by molar-refractivity contribution is -0.118. The molecule has 24 heavy (non-hydrogen) atoms. The van der Waals surface area contributed by atoms with Gasteiger partial charge in [0, 0.05) is 17.0 Å². The zero-order valence-corrected chi connectivity index (χ0v) is 14.8. The number of rotatable bonds is 4. The van der Waals surface area contributed by atoms with Gasteiger partial charge in [0.2, 0.25) is 5.91 Å². The van der Waals surface area contributed by atoms with Crippen LogP contribution in [0.1, 0.15) is 48.2 Å². The Morgan fingerprint density at radius 2 is 2.12 bits per heavy atom. The number of carbonyl (C=O) groups excluding carboxylic acids is 1. The zero-order chi connectivity index (χ0) is 16.5. The third-order valence-electron chi connectivity index (χ3n) is 4.87. The van der Waals surface area contributed by atoms with Gasteiger partial charge in [0.1, 0.15) is 5.75 Å². The molecule has 2 aromatic rings. The summed E-state index contributed by atoms with van der Waals surface area (Å²) in [5.41, 5.74) is 2.22. The second-order valence-electron chi connectivity index (χ2n) is 6.38. The van der Waals surface area contributed by atoms with Gasteiger partial charge in [-0.05, 0) is 45.1 Å². The average molecular weight is 342 g/mol. The van der Waals surface area contributed by atoms with Gasteiger partial charge in [-0.1, -0.05) is 18.2 Å². The van der Waals surface area contributed by atoms with E-state index in [-0.39, 0.29) is 11.8 Å². The number of nitrogens with zero attached hydrogens (tertiary/aromatic N) is 2. The molecule has 1 aromatic heterocycles. The van der Waals surface area contributed by atoms with Crippen molar-refractivity contribution >= 4 is 22.4 Å². The van der Waals surface area contributed by atoms with E-state index < -0.39 is 0 Å². The van der Waals surface area contributed by atoms with Crippen LogP contribution in [0.15, 0.2) is 24.3 Å². The molecule has 1 aliphatic heterocycles. The molecule has 1 amide bonds. The van der Waals surface area contributed by atoms with E-state index in [4.69, 9.17) is 9.72 Å². The standard InChI is InChI=1S/C19H22N2O2S/c1-2-23-16-9-5-3-7-13(16)14-11-12-21(18(14)22)19-20-15-8-4-6-10-17(15)24-19/h3,5,7,9,14H,2,4,6,8,10-12H2,1H3. The zero-order valence-electron chi connectivity index (χ0n) is 14.0. The first-order valence-corrected chi connectivity index (χ1v) is 9.61. The van der Waals surface area contributed by atoms with Crippen LogP contribution in [-0.2, 0) is 17.6 Å². The van der Waals surface area contributed by atoms with Crippen LogP contribution < -0.4 is 9.64 Å². The minimum Gasteiger partial charge on any atom is -0.494 e. The van der Waals surface area contributed by atoms with Crippen LogP contribution >= 0.6 is 11.3 Å². The van der Waals surface area contributed by atoms with Gasteiger partial charge in [0.25, 0.3) is 0 Å². The van der Waals surface area contributed by atoms with Crippen molar-refractivity contribution in [1.82, 2.24) is 4.98 Å². The second-order valence-corrected chi connectivity index (χ2v) is 7.44. The summed E-state index contributed by atoms with van der Waals surface area (Å²) in [6, 6.07) is 7.91.